The van der Waals surface area contributed by atoms with Crippen molar-refractivity contribution in [1.82, 2.24) is 0 Å². The molecule has 0 unspecified atom stereocenters. The summed E-state index contributed by atoms with van der Waals surface area (Å²) < 4.78 is 27.5. The lowest BCUT2D eigenvalue weighted by Gasteiger charge is -2.18. The highest BCUT2D eigenvalue weighted by Crippen LogP contribution is 2.23. The number of benzene rings is 2. The van der Waals surface area contributed by atoms with E-state index in [0.29, 0.717) is 5.69 Å². The first-order valence-electron chi connectivity index (χ1n) is 6.45. The number of amides is 1. The van der Waals surface area contributed by atoms with Gasteiger partial charge in [0.05, 0.1) is 0 Å². The maximum absolute atomic E-state index is 13.7. The van der Waals surface area contributed by atoms with Crippen molar-refractivity contribution >= 4 is 17.3 Å². The van der Waals surface area contributed by atoms with Crippen LogP contribution < -0.4 is 10.2 Å². The molecule has 0 bridgehead atoms. The Morgan fingerprint density at radius 3 is 2.29 bits per heavy atom. The Bertz CT molecular complexity index is 663. The first-order valence-corrected chi connectivity index (χ1v) is 6.45. The Morgan fingerprint density at radius 2 is 1.76 bits per heavy atom. The quantitative estimate of drug-likeness (QED) is 0.937. The molecule has 0 fully saturated rings. The summed E-state index contributed by atoms with van der Waals surface area (Å²) in [5.74, 6) is -2.06. The van der Waals surface area contributed by atoms with Gasteiger partial charge in [-0.3, -0.25) is 4.79 Å². The van der Waals surface area contributed by atoms with Crippen LogP contribution in [0.4, 0.5) is 20.2 Å². The molecule has 0 spiro atoms. The SMILES string of the molecule is CNc1c(F)cc(C(=O)N(C)c2cccc(C)c2)cc1F. The molecule has 1 amide bonds. The normalized spacial score (nSPS) is 10.3. The second kappa shape index (κ2) is 5.91. The van der Waals surface area contributed by atoms with Crippen LogP contribution in [0, 0.1) is 18.6 Å². The standard InChI is InChI=1S/C16H16F2N2O/c1-10-5-4-6-12(7-10)20(3)16(21)11-8-13(17)15(19-2)14(18)9-11/h4-9,19H,1-3H3. The van der Waals surface area contributed by atoms with E-state index in [1.165, 1.54) is 11.9 Å². The van der Waals surface area contributed by atoms with Crippen molar-refractivity contribution in [2.45, 2.75) is 6.92 Å². The van der Waals surface area contributed by atoms with Crippen molar-refractivity contribution < 1.29 is 13.6 Å². The molecule has 2 aromatic carbocycles. The molecular weight excluding hydrogens is 274 g/mol. The summed E-state index contributed by atoms with van der Waals surface area (Å²) in [6.45, 7) is 1.91. The number of hydrogen-bond donors (Lipinski definition) is 1. The lowest BCUT2D eigenvalue weighted by atomic mass is 10.1. The summed E-state index contributed by atoms with van der Waals surface area (Å²) in [5, 5.41) is 2.42. The molecule has 2 aromatic rings. The largest absolute Gasteiger partial charge is 0.383 e. The van der Waals surface area contributed by atoms with Gasteiger partial charge in [-0.25, -0.2) is 8.78 Å². The third-order valence-electron chi connectivity index (χ3n) is 3.23. The average Bonchev–Trinajstić information content (AvgIpc) is 2.45. The summed E-state index contributed by atoms with van der Waals surface area (Å²) in [5.41, 5.74) is 1.38. The summed E-state index contributed by atoms with van der Waals surface area (Å²) >= 11 is 0. The van der Waals surface area contributed by atoms with E-state index in [-0.39, 0.29) is 11.3 Å². The number of nitrogens with zero attached hydrogens (tertiary/aromatic N) is 1. The predicted octanol–water partition coefficient (Wildman–Crippen LogP) is 3.59. The zero-order valence-corrected chi connectivity index (χ0v) is 12.1. The van der Waals surface area contributed by atoms with Gasteiger partial charge in [0.2, 0.25) is 0 Å². The number of rotatable bonds is 3. The maximum atomic E-state index is 13.7. The minimum absolute atomic E-state index is 0.0343. The van der Waals surface area contributed by atoms with E-state index in [9.17, 15) is 13.6 Å². The molecule has 0 atom stereocenters. The molecule has 110 valence electrons. The molecular formula is C16H16F2N2O. The van der Waals surface area contributed by atoms with Gasteiger partial charge < -0.3 is 10.2 Å². The molecule has 0 radical (unpaired) electrons. The second-order valence-electron chi connectivity index (χ2n) is 4.77. The minimum Gasteiger partial charge on any atom is -0.383 e. The topological polar surface area (TPSA) is 32.3 Å². The number of halogens is 2. The van der Waals surface area contributed by atoms with Crippen LogP contribution in [0.5, 0.6) is 0 Å². The Kier molecular flexibility index (Phi) is 4.21. The van der Waals surface area contributed by atoms with Gasteiger partial charge in [0.1, 0.15) is 17.3 Å². The summed E-state index contributed by atoms with van der Waals surface area (Å²) in [6, 6.07) is 9.38. The van der Waals surface area contributed by atoms with Crippen molar-refractivity contribution in [3.8, 4) is 0 Å². The zero-order valence-electron chi connectivity index (χ0n) is 12.1. The molecule has 3 nitrogen and oxygen atoms in total. The Labute approximate surface area is 122 Å². The van der Waals surface area contributed by atoms with Gasteiger partial charge in [-0.2, -0.15) is 0 Å². The maximum Gasteiger partial charge on any atom is 0.258 e. The molecule has 0 saturated carbocycles. The third kappa shape index (κ3) is 3.02. The fourth-order valence-electron chi connectivity index (χ4n) is 2.08. The van der Waals surface area contributed by atoms with Crippen molar-refractivity contribution in [3.05, 3.63) is 59.2 Å². The number of anilines is 2. The molecule has 0 aliphatic carbocycles. The number of nitrogens with one attached hydrogen (secondary N) is 1. The highest BCUT2D eigenvalue weighted by molar-refractivity contribution is 6.06. The molecule has 0 heterocycles. The van der Waals surface area contributed by atoms with E-state index in [1.807, 2.05) is 25.1 Å². The Balaban J connectivity index is 2.36. The molecule has 2 rings (SSSR count). The number of hydrogen-bond acceptors (Lipinski definition) is 2. The first-order chi connectivity index (χ1) is 9.93. The molecule has 0 aliphatic rings. The highest BCUT2D eigenvalue weighted by atomic mass is 19.1. The molecule has 0 aromatic heterocycles. The third-order valence-corrected chi connectivity index (χ3v) is 3.23. The van der Waals surface area contributed by atoms with Gasteiger partial charge in [0, 0.05) is 25.3 Å². The van der Waals surface area contributed by atoms with Gasteiger partial charge in [0.15, 0.2) is 0 Å². The van der Waals surface area contributed by atoms with Crippen LogP contribution in [0.25, 0.3) is 0 Å². The van der Waals surface area contributed by atoms with Crippen LogP contribution in [0.15, 0.2) is 36.4 Å². The summed E-state index contributed by atoms with van der Waals surface area (Å²) in [6.07, 6.45) is 0. The molecule has 1 N–H and O–H groups in total. The van der Waals surface area contributed by atoms with E-state index in [2.05, 4.69) is 5.32 Å². The van der Waals surface area contributed by atoms with Crippen LogP contribution >= 0.6 is 0 Å². The number of carbonyl (C=O) groups excluding carboxylic acids is 1. The highest BCUT2D eigenvalue weighted by Gasteiger charge is 2.18. The molecule has 21 heavy (non-hydrogen) atoms. The van der Waals surface area contributed by atoms with Crippen LogP contribution in [0.1, 0.15) is 15.9 Å². The molecule has 5 heteroatoms. The van der Waals surface area contributed by atoms with Gasteiger partial charge in [0.25, 0.3) is 5.91 Å². The van der Waals surface area contributed by atoms with E-state index in [4.69, 9.17) is 0 Å². The smallest absolute Gasteiger partial charge is 0.258 e. The van der Waals surface area contributed by atoms with E-state index >= 15 is 0 Å². The van der Waals surface area contributed by atoms with Crippen molar-refractivity contribution in [1.29, 1.82) is 0 Å². The van der Waals surface area contributed by atoms with Crippen LogP contribution in [0.3, 0.4) is 0 Å². The monoisotopic (exact) mass is 290 g/mol. The zero-order chi connectivity index (χ0) is 15.6. The lowest BCUT2D eigenvalue weighted by Crippen LogP contribution is -2.26. The van der Waals surface area contributed by atoms with Crippen molar-refractivity contribution in [2.24, 2.45) is 0 Å². The van der Waals surface area contributed by atoms with Crippen molar-refractivity contribution in [3.63, 3.8) is 0 Å². The van der Waals surface area contributed by atoms with E-state index in [1.54, 1.807) is 13.1 Å². The van der Waals surface area contributed by atoms with Gasteiger partial charge in [-0.05, 0) is 36.8 Å². The van der Waals surface area contributed by atoms with Crippen LogP contribution in [-0.4, -0.2) is 20.0 Å². The van der Waals surface area contributed by atoms with E-state index < -0.39 is 17.5 Å². The second-order valence-corrected chi connectivity index (χ2v) is 4.77. The number of aryl methyl sites for hydroxylation is 1. The van der Waals surface area contributed by atoms with E-state index in [0.717, 1.165) is 17.7 Å². The lowest BCUT2D eigenvalue weighted by molar-refractivity contribution is 0.0992. The van der Waals surface area contributed by atoms with Gasteiger partial charge >= 0.3 is 0 Å². The van der Waals surface area contributed by atoms with Crippen molar-refractivity contribution in [2.75, 3.05) is 24.3 Å². The summed E-state index contributed by atoms with van der Waals surface area (Å²) in [4.78, 5) is 13.7. The Hall–Kier alpha value is -2.43. The molecule has 0 saturated heterocycles. The average molecular weight is 290 g/mol. The molecule has 0 aliphatic heterocycles. The van der Waals surface area contributed by atoms with Gasteiger partial charge in [-0.15, -0.1) is 0 Å². The first kappa shape index (κ1) is 15.0. The van der Waals surface area contributed by atoms with Gasteiger partial charge in [-0.1, -0.05) is 12.1 Å². The predicted molar refractivity (Wildman–Crippen MR) is 79.8 cm³/mol. The van der Waals surface area contributed by atoms with Crippen LogP contribution in [-0.2, 0) is 0 Å². The number of carbonyl (C=O) groups is 1. The summed E-state index contributed by atoms with van der Waals surface area (Å²) in [7, 11) is 2.99. The van der Waals surface area contributed by atoms with Crippen LogP contribution in [0.2, 0.25) is 0 Å². The fourth-order valence-corrected chi connectivity index (χ4v) is 2.08. The minimum atomic E-state index is -0.793. The Morgan fingerprint density at radius 1 is 1.14 bits per heavy atom. The fraction of sp³-hybridized carbons (Fsp3) is 0.188.